The van der Waals surface area contributed by atoms with Crippen LogP contribution in [0.1, 0.15) is 11.1 Å². The van der Waals surface area contributed by atoms with Crippen molar-refractivity contribution in [3.8, 4) is 23.0 Å². The average molecular weight is 442 g/mol. The number of nitrogen functional groups attached to an aromatic ring is 2. The van der Waals surface area contributed by atoms with Crippen LogP contribution in [0.3, 0.4) is 0 Å². The zero-order valence-corrected chi connectivity index (χ0v) is 16.6. The van der Waals surface area contributed by atoms with Crippen molar-refractivity contribution < 1.29 is 17.9 Å². The molecule has 164 valence electrons. The number of alkyl halides is 3. The Morgan fingerprint density at radius 1 is 0.969 bits per heavy atom. The Hall–Kier alpha value is -4.35. The van der Waals surface area contributed by atoms with Gasteiger partial charge in [-0.05, 0) is 42.8 Å². The van der Waals surface area contributed by atoms with Crippen molar-refractivity contribution in [2.75, 3.05) is 16.8 Å². The third-order valence-corrected chi connectivity index (χ3v) is 4.38. The maximum absolute atomic E-state index is 13.2. The molecule has 0 aliphatic carbocycles. The summed E-state index contributed by atoms with van der Waals surface area (Å²) in [6, 6.07) is 12.2. The Labute approximate surface area is 179 Å². The highest BCUT2D eigenvalue weighted by Crippen LogP contribution is 2.34. The third kappa shape index (κ3) is 4.69. The maximum atomic E-state index is 13.2. The molecule has 0 fully saturated rings. The number of nitrogens with one attached hydrogen (secondary N) is 2. The van der Waals surface area contributed by atoms with Crippen molar-refractivity contribution >= 4 is 23.4 Å². The van der Waals surface area contributed by atoms with Crippen LogP contribution >= 0.6 is 0 Å². The Bertz CT molecular complexity index is 1230. The second kappa shape index (κ2) is 8.06. The van der Waals surface area contributed by atoms with Gasteiger partial charge in [-0.25, -0.2) is 0 Å². The fourth-order valence-electron chi connectivity index (χ4n) is 2.90. The van der Waals surface area contributed by atoms with Crippen LogP contribution in [-0.4, -0.2) is 25.1 Å². The van der Waals surface area contributed by atoms with Crippen LogP contribution < -0.4 is 21.5 Å². The number of nitrogens with zero attached hydrogens (tertiary/aromatic N) is 4. The molecule has 0 unspecified atom stereocenters. The Balaban J connectivity index is 1.47. The minimum absolute atomic E-state index is 0.00431. The third-order valence-electron chi connectivity index (χ3n) is 4.38. The molecule has 0 saturated heterocycles. The largest absolute Gasteiger partial charge is 0.439 e. The quantitative estimate of drug-likeness (QED) is 0.359. The van der Waals surface area contributed by atoms with Crippen LogP contribution in [0.4, 0.5) is 36.6 Å². The molecule has 4 aromatic rings. The number of aromatic nitrogens is 5. The monoisotopic (exact) mass is 442 g/mol. The zero-order valence-electron chi connectivity index (χ0n) is 16.6. The van der Waals surface area contributed by atoms with Gasteiger partial charge in [-0.3, -0.25) is 0 Å². The summed E-state index contributed by atoms with van der Waals surface area (Å²) in [6.45, 7) is 1.40. The Morgan fingerprint density at radius 3 is 2.41 bits per heavy atom. The minimum Gasteiger partial charge on any atom is -0.439 e. The van der Waals surface area contributed by atoms with E-state index in [-0.39, 0.29) is 40.5 Å². The first kappa shape index (κ1) is 20.9. The summed E-state index contributed by atoms with van der Waals surface area (Å²) < 4.78 is 45.1. The molecule has 0 atom stereocenters. The highest BCUT2D eigenvalue weighted by molar-refractivity contribution is 5.61. The first-order chi connectivity index (χ1) is 15.2. The van der Waals surface area contributed by atoms with Gasteiger partial charge in [0, 0.05) is 17.3 Å². The van der Waals surface area contributed by atoms with E-state index in [0.29, 0.717) is 11.4 Å². The van der Waals surface area contributed by atoms with E-state index >= 15 is 0 Å². The first-order valence-electron chi connectivity index (χ1n) is 9.23. The van der Waals surface area contributed by atoms with E-state index in [1.807, 2.05) is 0 Å². The number of halogens is 3. The van der Waals surface area contributed by atoms with Gasteiger partial charge < -0.3 is 26.5 Å². The van der Waals surface area contributed by atoms with Gasteiger partial charge in [0.25, 0.3) is 0 Å². The molecule has 12 heteroatoms. The molecule has 0 saturated carbocycles. The number of benzene rings is 2. The second-order valence-corrected chi connectivity index (χ2v) is 6.79. The van der Waals surface area contributed by atoms with Crippen molar-refractivity contribution in [3.05, 3.63) is 59.7 Å². The normalized spacial score (nSPS) is 11.4. The fraction of sp³-hybridized carbons (Fsp3) is 0.100. The molecule has 2 heterocycles. The van der Waals surface area contributed by atoms with Gasteiger partial charge >= 0.3 is 6.18 Å². The molecule has 0 spiro atoms. The number of nitrogens with two attached hydrogens (primary N) is 2. The highest BCUT2D eigenvalue weighted by atomic mass is 19.4. The number of anilines is 4. The van der Waals surface area contributed by atoms with Gasteiger partial charge in [-0.1, -0.05) is 12.1 Å². The van der Waals surface area contributed by atoms with Crippen LogP contribution in [0.15, 0.2) is 48.5 Å². The van der Waals surface area contributed by atoms with Gasteiger partial charge in [-0.2, -0.15) is 23.1 Å². The number of aryl methyl sites for hydroxylation is 1. The topological polar surface area (TPSA) is 141 Å². The van der Waals surface area contributed by atoms with Gasteiger partial charge in [0.2, 0.25) is 17.8 Å². The molecular formula is C20H17F3N8O. The van der Waals surface area contributed by atoms with Gasteiger partial charge in [-0.15, -0.1) is 10.2 Å². The van der Waals surface area contributed by atoms with Crippen LogP contribution in [0.5, 0.6) is 11.6 Å². The summed E-state index contributed by atoms with van der Waals surface area (Å²) in [4.78, 5) is 10.6. The van der Waals surface area contributed by atoms with Gasteiger partial charge in [0.15, 0.2) is 5.82 Å². The number of ether oxygens (including phenoxy) is 1. The lowest BCUT2D eigenvalue weighted by Crippen LogP contribution is -2.07. The molecule has 0 aliphatic rings. The SMILES string of the molecule is Cc1ccc(-c2nnc(Nc3ccc(Oc4cc(N)nc(N)n4)cc3)[nH]2)cc1C(F)(F)F. The van der Waals surface area contributed by atoms with Crippen molar-refractivity contribution in [2.24, 2.45) is 0 Å². The van der Waals surface area contributed by atoms with Gasteiger partial charge in [0.1, 0.15) is 11.6 Å². The van der Waals surface area contributed by atoms with E-state index in [0.717, 1.165) is 6.07 Å². The summed E-state index contributed by atoms with van der Waals surface area (Å²) in [5.41, 5.74) is 11.5. The number of rotatable bonds is 5. The second-order valence-electron chi connectivity index (χ2n) is 6.79. The van der Waals surface area contributed by atoms with E-state index in [1.165, 1.54) is 19.1 Å². The molecule has 2 aromatic heterocycles. The lowest BCUT2D eigenvalue weighted by Gasteiger charge is -2.11. The molecule has 32 heavy (non-hydrogen) atoms. The fourth-order valence-corrected chi connectivity index (χ4v) is 2.90. The number of hydrogen-bond acceptors (Lipinski definition) is 8. The smallest absolute Gasteiger partial charge is 0.416 e. The summed E-state index contributed by atoms with van der Waals surface area (Å²) in [6.07, 6.45) is -4.45. The lowest BCUT2D eigenvalue weighted by molar-refractivity contribution is -0.138. The number of H-pyrrole nitrogens is 1. The first-order valence-corrected chi connectivity index (χ1v) is 9.23. The van der Waals surface area contributed by atoms with E-state index in [4.69, 9.17) is 16.2 Å². The molecule has 2 aromatic carbocycles. The molecule has 9 nitrogen and oxygen atoms in total. The molecule has 4 rings (SSSR count). The van der Waals surface area contributed by atoms with Crippen LogP contribution in [0.2, 0.25) is 0 Å². The van der Waals surface area contributed by atoms with Crippen molar-refractivity contribution in [2.45, 2.75) is 13.1 Å². The van der Waals surface area contributed by atoms with Crippen LogP contribution in [-0.2, 0) is 6.18 Å². The van der Waals surface area contributed by atoms with E-state index in [1.54, 1.807) is 30.3 Å². The van der Waals surface area contributed by atoms with E-state index in [2.05, 4.69) is 30.5 Å². The molecule has 6 N–H and O–H groups in total. The predicted octanol–water partition coefficient (Wildman–Crippen LogP) is 4.29. The standard InChI is InChI=1S/C20H17F3N8O/c1-10-2-3-11(8-14(10)20(21,22)23)17-29-19(31-30-17)26-12-4-6-13(7-5-12)32-16-9-15(24)27-18(25)28-16/h2-9H,1H3,(H4,24,25,27,28)(H2,26,29,30,31). The molecule has 0 aliphatic heterocycles. The van der Waals surface area contributed by atoms with Crippen molar-refractivity contribution in [1.29, 1.82) is 0 Å². The average Bonchev–Trinajstić information content (AvgIpc) is 3.17. The van der Waals surface area contributed by atoms with E-state index in [9.17, 15) is 13.2 Å². The summed E-state index contributed by atoms with van der Waals surface area (Å²) in [5.74, 6) is 1.33. The van der Waals surface area contributed by atoms with E-state index < -0.39 is 11.7 Å². The zero-order chi connectivity index (χ0) is 22.9. The molecule has 0 bridgehead atoms. The molecule has 0 radical (unpaired) electrons. The van der Waals surface area contributed by atoms with Crippen molar-refractivity contribution in [1.82, 2.24) is 25.1 Å². The predicted molar refractivity (Wildman–Crippen MR) is 112 cm³/mol. The summed E-state index contributed by atoms with van der Waals surface area (Å²) >= 11 is 0. The highest BCUT2D eigenvalue weighted by Gasteiger charge is 2.32. The van der Waals surface area contributed by atoms with Crippen LogP contribution in [0.25, 0.3) is 11.4 Å². The molecule has 0 amide bonds. The number of aromatic amines is 1. The van der Waals surface area contributed by atoms with Gasteiger partial charge in [0.05, 0.1) is 5.56 Å². The Kier molecular flexibility index (Phi) is 5.26. The lowest BCUT2D eigenvalue weighted by atomic mass is 10.0. The number of hydrogen-bond donors (Lipinski definition) is 4. The minimum atomic E-state index is -4.45. The van der Waals surface area contributed by atoms with Crippen LogP contribution in [0, 0.1) is 6.92 Å². The summed E-state index contributed by atoms with van der Waals surface area (Å²) in [7, 11) is 0. The summed E-state index contributed by atoms with van der Waals surface area (Å²) in [5, 5.41) is 10.9. The molecular weight excluding hydrogens is 425 g/mol. The van der Waals surface area contributed by atoms with Crippen molar-refractivity contribution in [3.63, 3.8) is 0 Å². The maximum Gasteiger partial charge on any atom is 0.416 e. The Morgan fingerprint density at radius 2 is 1.72 bits per heavy atom.